The molecule has 1 atom stereocenters. The van der Waals surface area contributed by atoms with Gasteiger partial charge in [-0.25, -0.2) is 0 Å². The van der Waals surface area contributed by atoms with Crippen molar-refractivity contribution in [1.82, 2.24) is 5.32 Å². The molecule has 1 aliphatic heterocycles. The Morgan fingerprint density at radius 2 is 1.72 bits per heavy atom. The molecule has 0 aromatic heterocycles. The molecule has 1 aromatic rings. The molecule has 18 heavy (non-hydrogen) atoms. The SMILES string of the molecule is COc1ccc(OC)c(C2CCCCN2)c1OC. The number of rotatable bonds is 4. The Hall–Kier alpha value is -1.42. The normalized spacial score (nSPS) is 19.4. The molecule has 100 valence electrons. The second-order valence-corrected chi connectivity index (χ2v) is 4.42. The van der Waals surface area contributed by atoms with E-state index in [1.54, 1.807) is 21.3 Å². The number of nitrogens with one attached hydrogen (secondary N) is 1. The topological polar surface area (TPSA) is 39.7 Å². The van der Waals surface area contributed by atoms with E-state index < -0.39 is 0 Å². The zero-order chi connectivity index (χ0) is 13.0. The van der Waals surface area contributed by atoms with Crippen molar-refractivity contribution in [2.75, 3.05) is 27.9 Å². The van der Waals surface area contributed by atoms with Gasteiger partial charge < -0.3 is 19.5 Å². The number of benzene rings is 1. The summed E-state index contributed by atoms with van der Waals surface area (Å²) in [6, 6.07) is 4.09. The number of hydrogen-bond acceptors (Lipinski definition) is 4. The largest absolute Gasteiger partial charge is 0.496 e. The smallest absolute Gasteiger partial charge is 0.169 e. The Bertz CT molecular complexity index is 400. The monoisotopic (exact) mass is 251 g/mol. The van der Waals surface area contributed by atoms with E-state index in [0.717, 1.165) is 35.8 Å². The third kappa shape index (κ3) is 2.38. The van der Waals surface area contributed by atoms with Crippen molar-refractivity contribution in [3.63, 3.8) is 0 Å². The molecular formula is C14H21NO3. The summed E-state index contributed by atoms with van der Waals surface area (Å²) in [6.07, 6.45) is 3.55. The minimum Gasteiger partial charge on any atom is -0.496 e. The quantitative estimate of drug-likeness (QED) is 0.892. The average molecular weight is 251 g/mol. The van der Waals surface area contributed by atoms with Crippen molar-refractivity contribution < 1.29 is 14.2 Å². The zero-order valence-electron chi connectivity index (χ0n) is 11.3. The van der Waals surface area contributed by atoms with Crippen LogP contribution in [-0.2, 0) is 0 Å². The first-order valence-corrected chi connectivity index (χ1v) is 6.34. The minimum absolute atomic E-state index is 0.277. The number of piperidine rings is 1. The van der Waals surface area contributed by atoms with Crippen LogP contribution in [0.25, 0.3) is 0 Å². The maximum Gasteiger partial charge on any atom is 0.169 e. The van der Waals surface area contributed by atoms with Crippen LogP contribution in [-0.4, -0.2) is 27.9 Å². The highest BCUT2D eigenvalue weighted by Crippen LogP contribution is 2.43. The molecular weight excluding hydrogens is 230 g/mol. The summed E-state index contributed by atoms with van der Waals surface area (Å²) in [5.74, 6) is 2.38. The minimum atomic E-state index is 0.277. The van der Waals surface area contributed by atoms with Crippen LogP contribution >= 0.6 is 0 Å². The molecule has 1 aromatic carbocycles. The van der Waals surface area contributed by atoms with E-state index in [0.29, 0.717) is 0 Å². The lowest BCUT2D eigenvalue weighted by atomic mass is 9.95. The fourth-order valence-corrected chi connectivity index (χ4v) is 2.54. The maximum atomic E-state index is 5.52. The van der Waals surface area contributed by atoms with Crippen LogP contribution < -0.4 is 19.5 Å². The van der Waals surface area contributed by atoms with E-state index in [9.17, 15) is 0 Å². The van der Waals surface area contributed by atoms with Crippen LogP contribution in [0.15, 0.2) is 12.1 Å². The Kier molecular flexibility index (Phi) is 4.31. The number of methoxy groups -OCH3 is 3. The van der Waals surface area contributed by atoms with Gasteiger partial charge in [-0.1, -0.05) is 6.42 Å². The summed E-state index contributed by atoms with van der Waals surface area (Å²) in [6.45, 7) is 1.04. The molecule has 4 heteroatoms. The summed E-state index contributed by atoms with van der Waals surface area (Å²) in [5, 5.41) is 3.52. The van der Waals surface area contributed by atoms with E-state index in [2.05, 4.69) is 5.32 Å². The molecule has 4 nitrogen and oxygen atoms in total. The first-order chi connectivity index (χ1) is 8.81. The molecule has 1 heterocycles. The van der Waals surface area contributed by atoms with Gasteiger partial charge in [-0.15, -0.1) is 0 Å². The van der Waals surface area contributed by atoms with Gasteiger partial charge in [0, 0.05) is 6.04 Å². The molecule has 0 radical (unpaired) electrons. The summed E-state index contributed by atoms with van der Waals surface area (Å²) in [5.41, 5.74) is 1.07. The molecule has 0 amide bonds. The molecule has 0 bridgehead atoms. The van der Waals surface area contributed by atoms with Gasteiger partial charge >= 0.3 is 0 Å². The van der Waals surface area contributed by atoms with E-state index in [1.165, 1.54) is 12.8 Å². The van der Waals surface area contributed by atoms with Crippen molar-refractivity contribution in [2.24, 2.45) is 0 Å². The maximum absolute atomic E-state index is 5.52. The summed E-state index contributed by atoms with van der Waals surface area (Å²) in [4.78, 5) is 0. The summed E-state index contributed by atoms with van der Waals surface area (Å²) < 4.78 is 16.3. The Labute approximate surface area is 108 Å². The highest BCUT2D eigenvalue weighted by atomic mass is 16.5. The summed E-state index contributed by atoms with van der Waals surface area (Å²) in [7, 11) is 5.01. The fourth-order valence-electron chi connectivity index (χ4n) is 2.54. The molecule has 0 saturated carbocycles. The van der Waals surface area contributed by atoms with Crippen molar-refractivity contribution >= 4 is 0 Å². The van der Waals surface area contributed by atoms with E-state index in [4.69, 9.17) is 14.2 Å². The lowest BCUT2D eigenvalue weighted by molar-refractivity contribution is 0.324. The Morgan fingerprint density at radius 3 is 2.28 bits per heavy atom. The Balaban J connectivity index is 2.45. The predicted molar refractivity (Wildman–Crippen MR) is 70.7 cm³/mol. The van der Waals surface area contributed by atoms with Crippen LogP contribution in [0.2, 0.25) is 0 Å². The second kappa shape index (κ2) is 5.96. The second-order valence-electron chi connectivity index (χ2n) is 4.42. The van der Waals surface area contributed by atoms with Gasteiger partial charge in [-0.2, -0.15) is 0 Å². The molecule has 1 unspecified atom stereocenters. The molecule has 1 aliphatic rings. The standard InChI is InChI=1S/C14H21NO3/c1-16-11-7-8-12(17-2)14(18-3)13(11)10-6-4-5-9-15-10/h7-8,10,15H,4-6,9H2,1-3H3. The summed E-state index contributed by atoms with van der Waals surface area (Å²) >= 11 is 0. The van der Waals surface area contributed by atoms with Gasteiger partial charge in [-0.3, -0.25) is 0 Å². The highest BCUT2D eigenvalue weighted by Gasteiger charge is 2.25. The highest BCUT2D eigenvalue weighted by molar-refractivity contribution is 5.55. The fraction of sp³-hybridized carbons (Fsp3) is 0.571. The first-order valence-electron chi connectivity index (χ1n) is 6.34. The van der Waals surface area contributed by atoms with Gasteiger partial charge in [0.2, 0.25) is 0 Å². The van der Waals surface area contributed by atoms with Gasteiger partial charge in [0.15, 0.2) is 11.5 Å². The van der Waals surface area contributed by atoms with E-state index in [1.807, 2.05) is 12.1 Å². The zero-order valence-corrected chi connectivity index (χ0v) is 11.3. The number of hydrogen-bond donors (Lipinski definition) is 1. The van der Waals surface area contributed by atoms with Crippen LogP contribution in [0.1, 0.15) is 30.9 Å². The molecule has 1 N–H and O–H groups in total. The van der Waals surface area contributed by atoms with Gasteiger partial charge in [0.05, 0.1) is 26.9 Å². The van der Waals surface area contributed by atoms with E-state index >= 15 is 0 Å². The molecule has 1 saturated heterocycles. The molecule has 2 rings (SSSR count). The predicted octanol–water partition coefficient (Wildman–Crippen LogP) is 2.53. The van der Waals surface area contributed by atoms with Crippen LogP contribution in [0.3, 0.4) is 0 Å². The third-order valence-corrected chi connectivity index (χ3v) is 3.42. The lowest BCUT2D eigenvalue weighted by Crippen LogP contribution is -2.27. The molecule has 0 aliphatic carbocycles. The van der Waals surface area contributed by atoms with E-state index in [-0.39, 0.29) is 6.04 Å². The van der Waals surface area contributed by atoms with Crippen LogP contribution in [0.4, 0.5) is 0 Å². The van der Waals surface area contributed by atoms with Gasteiger partial charge in [-0.05, 0) is 31.5 Å². The van der Waals surface area contributed by atoms with Crippen molar-refractivity contribution in [3.8, 4) is 17.2 Å². The first kappa shape index (κ1) is 13.0. The number of ether oxygens (including phenoxy) is 3. The molecule has 0 spiro atoms. The molecule has 1 fully saturated rings. The Morgan fingerprint density at radius 1 is 1.00 bits per heavy atom. The van der Waals surface area contributed by atoms with Crippen molar-refractivity contribution in [3.05, 3.63) is 17.7 Å². The third-order valence-electron chi connectivity index (χ3n) is 3.42. The van der Waals surface area contributed by atoms with Crippen LogP contribution in [0, 0.1) is 0 Å². The lowest BCUT2D eigenvalue weighted by Gasteiger charge is -2.27. The van der Waals surface area contributed by atoms with Crippen LogP contribution in [0.5, 0.6) is 17.2 Å². The van der Waals surface area contributed by atoms with Crippen molar-refractivity contribution in [2.45, 2.75) is 25.3 Å². The van der Waals surface area contributed by atoms with Crippen molar-refractivity contribution in [1.29, 1.82) is 0 Å². The van der Waals surface area contributed by atoms with Gasteiger partial charge in [0.1, 0.15) is 5.75 Å². The van der Waals surface area contributed by atoms with Gasteiger partial charge in [0.25, 0.3) is 0 Å². The average Bonchev–Trinajstić information content (AvgIpc) is 2.46.